The predicted molar refractivity (Wildman–Crippen MR) is 118 cm³/mol. The van der Waals surface area contributed by atoms with Gasteiger partial charge < -0.3 is 20.1 Å². The zero-order valence-corrected chi connectivity index (χ0v) is 18.7. The molecule has 0 unspecified atom stereocenters. The Labute approximate surface area is 187 Å². The minimum absolute atomic E-state index is 0.136. The van der Waals surface area contributed by atoms with Gasteiger partial charge in [0.1, 0.15) is 0 Å². The van der Waals surface area contributed by atoms with E-state index < -0.39 is 37.0 Å². The maximum atomic E-state index is 12.1. The third-order valence-electron chi connectivity index (χ3n) is 4.64. The van der Waals surface area contributed by atoms with Gasteiger partial charge in [-0.3, -0.25) is 9.59 Å². The Morgan fingerprint density at radius 3 is 1.38 bits per heavy atom. The molecule has 0 aliphatic heterocycles. The van der Waals surface area contributed by atoms with Crippen LogP contribution in [0.5, 0.6) is 0 Å². The summed E-state index contributed by atoms with van der Waals surface area (Å²) in [6.07, 6.45) is 0. The van der Waals surface area contributed by atoms with Crippen LogP contribution in [0.1, 0.15) is 43.0 Å². The van der Waals surface area contributed by atoms with Crippen LogP contribution in [0.4, 0.5) is 0 Å². The van der Waals surface area contributed by atoms with E-state index in [9.17, 15) is 19.2 Å². The smallest absolute Gasteiger partial charge is 0.338 e. The van der Waals surface area contributed by atoms with Crippen molar-refractivity contribution in [3.63, 3.8) is 0 Å². The maximum absolute atomic E-state index is 12.1. The number of nitrogens with one attached hydrogen (secondary N) is 2. The van der Waals surface area contributed by atoms with Gasteiger partial charge in [0.05, 0.1) is 11.1 Å². The molecule has 170 valence electrons. The number of aryl methyl sites for hydroxylation is 4. The first-order valence-electron chi connectivity index (χ1n) is 10.2. The summed E-state index contributed by atoms with van der Waals surface area (Å²) in [7, 11) is 0. The number of hydrogen-bond donors (Lipinski definition) is 2. The van der Waals surface area contributed by atoms with Crippen LogP contribution in [0, 0.1) is 27.7 Å². The van der Waals surface area contributed by atoms with E-state index in [1.54, 1.807) is 38.1 Å². The molecule has 0 radical (unpaired) electrons. The van der Waals surface area contributed by atoms with Crippen molar-refractivity contribution in [2.45, 2.75) is 27.7 Å². The van der Waals surface area contributed by atoms with E-state index in [1.165, 1.54) is 0 Å². The average Bonchev–Trinajstić information content (AvgIpc) is 2.73. The van der Waals surface area contributed by atoms with Crippen molar-refractivity contribution >= 4 is 23.8 Å². The molecule has 0 aliphatic carbocycles. The molecule has 2 aromatic rings. The molecular formula is C24H28N2O6. The quantitative estimate of drug-likeness (QED) is 0.457. The van der Waals surface area contributed by atoms with E-state index in [4.69, 9.17) is 9.47 Å². The first-order valence-corrected chi connectivity index (χ1v) is 10.2. The molecule has 2 rings (SSSR count). The summed E-state index contributed by atoms with van der Waals surface area (Å²) < 4.78 is 10.0. The molecule has 8 nitrogen and oxygen atoms in total. The van der Waals surface area contributed by atoms with Gasteiger partial charge in [-0.25, -0.2) is 9.59 Å². The SMILES string of the molecule is Cc1ccc(C(=O)OCC(=O)NCCNC(=O)COC(=O)c2ccc(C)cc2C)c(C)c1. The molecule has 32 heavy (non-hydrogen) atoms. The second-order valence-corrected chi connectivity index (χ2v) is 7.49. The lowest BCUT2D eigenvalue weighted by Crippen LogP contribution is -2.38. The number of hydrogen-bond acceptors (Lipinski definition) is 6. The lowest BCUT2D eigenvalue weighted by atomic mass is 10.1. The minimum atomic E-state index is -0.573. The van der Waals surface area contributed by atoms with Crippen molar-refractivity contribution in [2.75, 3.05) is 26.3 Å². The van der Waals surface area contributed by atoms with Crippen LogP contribution in [0.3, 0.4) is 0 Å². The Hall–Kier alpha value is -3.68. The van der Waals surface area contributed by atoms with Crippen molar-refractivity contribution in [3.8, 4) is 0 Å². The molecule has 0 aromatic heterocycles. The lowest BCUT2D eigenvalue weighted by Gasteiger charge is -2.10. The van der Waals surface area contributed by atoms with Gasteiger partial charge in [0.15, 0.2) is 13.2 Å². The van der Waals surface area contributed by atoms with Crippen LogP contribution in [-0.4, -0.2) is 50.1 Å². The molecule has 8 heteroatoms. The third kappa shape index (κ3) is 7.54. The Bertz CT molecular complexity index is 934. The molecule has 0 spiro atoms. The molecule has 0 bridgehead atoms. The number of carbonyl (C=O) groups excluding carboxylic acids is 4. The highest BCUT2D eigenvalue weighted by Crippen LogP contribution is 2.12. The van der Waals surface area contributed by atoms with Gasteiger partial charge in [0.25, 0.3) is 11.8 Å². The fourth-order valence-corrected chi connectivity index (χ4v) is 3.01. The highest BCUT2D eigenvalue weighted by Gasteiger charge is 2.14. The fraction of sp³-hybridized carbons (Fsp3) is 0.333. The first kappa shape index (κ1) is 24.6. The Balaban J connectivity index is 1.63. The van der Waals surface area contributed by atoms with Crippen LogP contribution >= 0.6 is 0 Å². The van der Waals surface area contributed by atoms with E-state index in [0.717, 1.165) is 22.3 Å². The largest absolute Gasteiger partial charge is 0.452 e. The van der Waals surface area contributed by atoms with Gasteiger partial charge in [-0.05, 0) is 51.0 Å². The summed E-state index contributed by atoms with van der Waals surface area (Å²) in [6.45, 7) is 6.86. The molecule has 0 saturated carbocycles. The molecule has 0 heterocycles. The van der Waals surface area contributed by atoms with Crippen LogP contribution in [-0.2, 0) is 19.1 Å². The Morgan fingerprint density at radius 1 is 0.656 bits per heavy atom. The second-order valence-electron chi connectivity index (χ2n) is 7.49. The van der Waals surface area contributed by atoms with Gasteiger partial charge in [-0.2, -0.15) is 0 Å². The zero-order chi connectivity index (χ0) is 23.7. The van der Waals surface area contributed by atoms with E-state index in [2.05, 4.69) is 10.6 Å². The molecular weight excluding hydrogens is 412 g/mol. The van der Waals surface area contributed by atoms with Gasteiger partial charge in [0.2, 0.25) is 0 Å². The first-order chi connectivity index (χ1) is 15.2. The molecule has 0 atom stereocenters. The van der Waals surface area contributed by atoms with Crippen LogP contribution in [0.15, 0.2) is 36.4 Å². The molecule has 0 saturated heterocycles. The van der Waals surface area contributed by atoms with Crippen molar-refractivity contribution in [3.05, 3.63) is 69.8 Å². The fourth-order valence-electron chi connectivity index (χ4n) is 3.01. The Morgan fingerprint density at radius 2 is 1.03 bits per heavy atom. The number of carbonyl (C=O) groups is 4. The molecule has 2 amide bonds. The summed E-state index contributed by atoms with van der Waals surface area (Å²) in [6, 6.07) is 10.6. The summed E-state index contributed by atoms with van der Waals surface area (Å²) >= 11 is 0. The number of amides is 2. The van der Waals surface area contributed by atoms with Gasteiger partial charge >= 0.3 is 11.9 Å². The van der Waals surface area contributed by atoms with Crippen molar-refractivity contribution in [1.29, 1.82) is 0 Å². The monoisotopic (exact) mass is 440 g/mol. The van der Waals surface area contributed by atoms with Crippen LogP contribution < -0.4 is 10.6 Å². The maximum Gasteiger partial charge on any atom is 0.338 e. The topological polar surface area (TPSA) is 111 Å². The standard InChI is InChI=1S/C24H28N2O6/c1-15-5-7-19(17(3)11-15)23(29)31-13-21(27)25-9-10-26-22(28)14-32-24(30)20-8-6-16(2)12-18(20)4/h5-8,11-12H,9-10,13-14H2,1-4H3,(H,25,27)(H,26,28). The van der Waals surface area contributed by atoms with Crippen LogP contribution in [0.25, 0.3) is 0 Å². The van der Waals surface area contributed by atoms with E-state index in [1.807, 2.05) is 26.0 Å². The lowest BCUT2D eigenvalue weighted by molar-refractivity contribution is -0.125. The number of benzene rings is 2. The molecule has 2 N–H and O–H groups in total. The molecule has 0 fully saturated rings. The molecule has 2 aromatic carbocycles. The minimum Gasteiger partial charge on any atom is -0.452 e. The number of esters is 2. The second kappa shape index (κ2) is 11.6. The van der Waals surface area contributed by atoms with Gasteiger partial charge in [-0.15, -0.1) is 0 Å². The summed E-state index contributed by atoms with van der Waals surface area (Å²) in [4.78, 5) is 47.8. The van der Waals surface area contributed by atoms with Crippen molar-refractivity contribution < 1.29 is 28.7 Å². The van der Waals surface area contributed by atoms with Crippen molar-refractivity contribution in [1.82, 2.24) is 10.6 Å². The van der Waals surface area contributed by atoms with E-state index in [-0.39, 0.29) is 13.1 Å². The summed E-state index contributed by atoms with van der Waals surface area (Å²) in [5.74, 6) is -2.12. The number of ether oxygens (including phenoxy) is 2. The third-order valence-corrected chi connectivity index (χ3v) is 4.64. The van der Waals surface area contributed by atoms with Gasteiger partial charge in [0, 0.05) is 13.1 Å². The highest BCUT2D eigenvalue weighted by molar-refractivity contribution is 5.93. The average molecular weight is 440 g/mol. The normalized spacial score (nSPS) is 10.2. The zero-order valence-electron chi connectivity index (χ0n) is 18.7. The van der Waals surface area contributed by atoms with E-state index in [0.29, 0.717) is 11.1 Å². The van der Waals surface area contributed by atoms with Gasteiger partial charge in [-0.1, -0.05) is 35.4 Å². The molecule has 0 aliphatic rings. The highest BCUT2D eigenvalue weighted by atomic mass is 16.5. The van der Waals surface area contributed by atoms with E-state index >= 15 is 0 Å². The van der Waals surface area contributed by atoms with Crippen LogP contribution in [0.2, 0.25) is 0 Å². The predicted octanol–water partition coefficient (Wildman–Crippen LogP) is 2.17. The summed E-state index contributed by atoms with van der Waals surface area (Å²) in [5.41, 5.74) is 4.42. The Kier molecular flexibility index (Phi) is 8.95. The van der Waals surface area contributed by atoms with Crippen molar-refractivity contribution in [2.24, 2.45) is 0 Å². The summed E-state index contributed by atoms with van der Waals surface area (Å²) in [5, 5.41) is 5.07. The number of rotatable bonds is 9.